The Hall–Kier alpha value is -2.31. The van der Waals surface area contributed by atoms with Gasteiger partial charge in [-0.25, -0.2) is 0 Å². The summed E-state index contributed by atoms with van der Waals surface area (Å²) in [5.41, 5.74) is 2.60. The van der Waals surface area contributed by atoms with Crippen molar-refractivity contribution in [2.45, 2.75) is 36.2 Å². The molecule has 152 valence electrons. The molecule has 4 rings (SSSR count). The van der Waals surface area contributed by atoms with E-state index >= 15 is 0 Å². The summed E-state index contributed by atoms with van der Waals surface area (Å²) in [5, 5.41) is 10.0. The summed E-state index contributed by atoms with van der Waals surface area (Å²) < 4.78 is 7.55. The number of ether oxygens (including phenoxy) is 1. The maximum absolute atomic E-state index is 5.37. The molecule has 0 saturated carbocycles. The molecule has 1 aliphatic heterocycles. The van der Waals surface area contributed by atoms with Crippen LogP contribution in [0, 0.1) is 0 Å². The first-order valence-corrected chi connectivity index (χ1v) is 11.1. The molecule has 2 heterocycles. The second-order valence-corrected chi connectivity index (χ2v) is 8.54. The van der Waals surface area contributed by atoms with Crippen molar-refractivity contribution in [1.29, 1.82) is 0 Å². The van der Waals surface area contributed by atoms with E-state index in [-0.39, 0.29) is 0 Å². The monoisotopic (exact) mass is 408 g/mol. The molecule has 0 N–H and O–H groups in total. The Morgan fingerprint density at radius 2 is 1.90 bits per heavy atom. The van der Waals surface area contributed by atoms with Crippen molar-refractivity contribution < 1.29 is 4.74 Å². The largest absolute Gasteiger partial charge is 0.497 e. The lowest BCUT2D eigenvalue weighted by molar-refractivity contribution is 0.194. The maximum Gasteiger partial charge on any atom is 0.191 e. The van der Waals surface area contributed by atoms with E-state index in [1.165, 1.54) is 24.0 Å². The quantitative estimate of drug-likeness (QED) is 0.539. The van der Waals surface area contributed by atoms with Crippen molar-refractivity contribution in [3.8, 4) is 5.75 Å². The Balaban J connectivity index is 1.39. The lowest BCUT2D eigenvalue weighted by atomic mass is 9.96. The molecule has 0 radical (unpaired) electrons. The van der Waals surface area contributed by atoms with Crippen LogP contribution in [0.15, 0.2) is 59.8 Å². The average molecular weight is 409 g/mol. The SMILES string of the molecule is COc1cccc(CN2CCC[C@@H](c3nnc(SCc4ccccc4)n3C)C2)c1. The fraction of sp³-hybridized carbons (Fsp3) is 0.391. The first-order chi connectivity index (χ1) is 14.2. The number of rotatable bonds is 7. The second-order valence-electron chi connectivity index (χ2n) is 7.60. The van der Waals surface area contributed by atoms with Gasteiger partial charge >= 0.3 is 0 Å². The van der Waals surface area contributed by atoms with Gasteiger partial charge in [-0.05, 0) is 42.6 Å². The molecule has 1 aliphatic rings. The molecule has 0 unspecified atom stereocenters. The average Bonchev–Trinajstić information content (AvgIpc) is 3.13. The first-order valence-electron chi connectivity index (χ1n) is 10.1. The summed E-state index contributed by atoms with van der Waals surface area (Å²) in [7, 11) is 3.82. The molecule has 1 aromatic heterocycles. The van der Waals surface area contributed by atoms with Crippen LogP contribution >= 0.6 is 11.8 Å². The molecule has 1 fully saturated rings. The van der Waals surface area contributed by atoms with Crippen molar-refractivity contribution in [1.82, 2.24) is 19.7 Å². The molecule has 0 aliphatic carbocycles. The minimum atomic E-state index is 0.429. The Kier molecular flexibility index (Phi) is 6.52. The van der Waals surface area contributed by atoms with Gasteiger partial charge in [-0.1, -0.05) is 54.2 Å². The molecule has 0 amide bonds. The first kappa shape index (κ1) is 20.0. The van der Waals surface area contributed by atoms with Crippen LogP contribution in [0.25, 0.3) is 0 Å². The van der Waals surface area contributed by atoms with E-state index in [4.69, 9.17) is 4.74 Å². The Labute approximate surface area is 177 Å². The third-order valence-electron chi connectivity index (χ3n) is 5.49. The van der Waals surface area contributed by atoms with Crippen LogP contribution < -0.4 is 4.74 Å². The van der Waals surface area contributed by atoms with Crippen molar-refractivity contribution >= 4 is 11.8 Å². The third kappa shape index (κ3) is 5.00. The number of piperidine rings is 1. The minimum absolute atomic E-state index is 0.429. The van der Waals surface area contributed by atoms with Gasteiger partial charge in [0.25, 0.3) is 0 Å². The summed E-state index contributed by atoms with van der Waals surface area (Å²) in [6, 6.07) is 18.9. The Morgan fingerprint density at radius 3 is 2.72 bits per heavy atom. The number of benzene rings is 2. The Bertz CT molecular complexity index is 928. The molecule has 6 heteroatoms. The molecule has 5 nitrogen and oxygen atoms in total. The molecule has 1 atom stereocenters. The molecule has 2 aromatic carbocycles. The number of hydrogen-bond acceptors (Lipinski definition) is 5. The highest BCUT2D eigenvalue weighted by Crippen LogP contribution is 2.29. The van der Waals surface area contributed by atoms with E-state index in [2.05, 4.69) is 75.2 Å². The molecule has 29 heavy (non-hydrogen) atoms. The molecule has 1 saturated heterocycles. The van der Waals surface area contributed by atoms with Gasteiger partial charge in [0.05, 0.1) is 7.11 Å². The molecular weight excluding hydrogens is 380 g/mol. The minimum Gasteiger partial charge on any atom is -0.497 e. The summed E-state index contributed by atoms with van der Waals surface area (Å²) in [4.78, 5) is 2.52. The van der Waals surface area contributed by atoms with Gasteiger partial charge in [-0.15, -0.1) is 10.2 Å². The summed E-state index contributed by atoms with van der Waals surface area (Å²) in [5.74, 6) is 3.37. The zero-order valence-electron chi connectivity index (χ0n) is 17.1. The highest BCUT2D eigenvalue weighted by atomic mass is 32.2. The molecule has 0 bridgehead atoms. The summed E-state index contributed by atoms with van der Waals surface area (Å²) in [6.07, 6.45) is 2.36. The van der Waals surface area contributed by atoms with E-state index in [9.17, 15) is 0 Å². The van der Waals surface area contributed by atoms with Crippen molar-refractivity contribution in [3.63, 3.8) is 0 Å². The lowest BCUT2D eigenvalue weighted by Gasteiger charge is -2.32. The van der Waals surface area contributed by atoms with Crippen LogP contribution in [0.2, 0.25) is 0 Å². The fourth-order valence-electron chi connectivity index (χ4n) is 3.97. The third-order valence-corrected chi connectivity index (χ3v) is 6.58. The van der Waals surface area contributed by atoms with E-state index < -0.39 is 0 Å². The second kappa shape index (κ2) is 9.46. The van der Waals surface area contributed by atoms with Crippen molar-refractivity contribution in [2.24, 2.45) is 7.05 Å². The summed E-state index contributed by atoms with van der Waals surface area (Å²) in [6.45, 7) is 3.09. The van der Waals surface area contributed by atoms with E-state index in [0.717, 1.165) is 42.1 Å². The fourth-order valence-corrected chi connectivity index (χ4v) is 4.84. The van der Waals surface area contributed by atoms with Crippen molar-refractivity contribution in [2.75, 3.05) is 20.2 Å². The zero-order valence-corrected chi connectivity index (χ0v) is 17.9. The highest BCUT2D eigenvalue weighted by Gasteiger charge is 2.26. The molecule has 3 aromatic rings. The predicted octanol–water partition coefficient (Wildman–Crippen LogP) is 4.50. The topological polar surface area (TPSA) is 43.2 Å². The maximum atomic E-state index is 5.37. The van der Waals surface area contributed by atoms with Crippen LogP contribution in [0.4, 0.5) is 0 Å². The normalized spacial score (nSPS) is 17.4. The van der Waals surface area contributed by atoms with Gasteiger partial charge in [0.2, 0.25) is 0 Å². The Morgan fingerprint density at radius 1 is 1.07 bits per heavy atom. The standard InChI is InChI=1S/C23H28N4OS/c1-26-22(24-25-23(26)29-17-18-8-4-3-5-9-18)20-11-7-13-27(16-20)15-19-10-6-12-21(14-19)28-2/h3-6,8-10,12,14,20H,7,11,13,15-17H2,1-2H3/t20-/m1/s1. The number of nitrogens with zero attached hydrogens (tertiary/aromatic N) is 4. The van der Waals surface area contributed by atoms with Gasteiger partial charge in [0.15, 0.2) is 5.16 Å². The van der Waals surface area contributed by atoms with Crippen molar-refractivity contribution in [3.05, 3.63) is 71.5 Å². The number of aromatic nitrogens is 3. The van der Waals surface area contributed by atoms with Crippen LogP contribution in [-0.4, -0.2) is 39.9 Å². The lowest BCUT2D eigenvalue weighted by Crippen LogP contribution is -2.34. The van der Waals surface area contributed by atoms with Gasteiger partial charge in [-0.3, -0.25) is 4.90 Å². The van der Waals surface area contributed by atoms with Gasteiger partial charge in [-0.2, -0.15) is 0 Å². The number of methoxy groups -OCH3 is 1. The van der Waals surface area contributed by atoms with Crippen LogP contribution in [0.3, 0.4) is 0 Å². The van der Waals surface area contributed by atoms with E-state index in [1.807, 2.05) is 6.07 Å². The van der Waals surface area contributed by atoms with Gasteiger partial charge in [0.1, 0.15) is 11.6 Å². The predicted molar refractivity (Wildman–Crippen MR) is 117 cm³/mol. The summed E-state index contributed by atoms with van der Waals surface area (Å²) >= 11 is 1.75. The highest BCUT2D eigenvalue weighted by molar-refractivity contribution is 7.98. The van der Waals surface area contributed by atoms with E-state index in [1.54, 1.807) is 18.9 Å². The number of likely N-dealkylation sites (tertiary alicyclic amines) is 1. The molecular formula is C23H28N4OS. The molecule has 0 spiro atoms. The van der Waals surface area contributed by atoms with Crippen LogP contribution in [0.1, 0.15) is 35.7 Å². The van der Waals surface area contributed by atoms with Crippen LogP contribution in [0.5, 0.6) is 5.75 Å². The van der Waals surface area contributed by atoms with Gasteiger partial charge in [0, 0.05) is 31.8 Å². The number of thioether (sulfide) groups is 1. The smallest absolute Gasteiger partial charge is 0.191 e. The van der Waals surface area contributed by atoms with E-state index in [0.29, 0.717) is 5.92 Å². The van der Waals surface area contributed by atoms with Crippen LogP contribution in [-0.2, 0) is 19.3 Å². The van der Waals surface area contributed by atoms with Gasteiger partial charge < -0.3 is 9.30 Å². The number of hydrogen-bond donors (Lipinski definition) is 0. The zero-order chi connectivity index (χ0) is 20.1.